The summed E-state index contributed by atoms with van der Waals surface area (Å²) in [6, 6.07) is 7.92. The van der Waals surface area contributed by atoms with E-state index in [4.69, 9.17) is 5.11 Å². The highest BCUT2D eigenvalue weighted by Crippen LogP contribution is 2.14. The number of benzene rings is 1. The molecule has 0 aliphatic rings. The fourth-order valence-electron chi connectivity index (χ4n) is 1.34. The smallest absolute Gasteiger partial charge is 0.273 e. The highest BCUT2D eigenvalue weighted by molar-refractivity contribution is 6.02. The number of amides is 1. The molecule has 0 fully saturated rings. The van der Waals surface area contributed by atoms with E-state index in [1.54, 1.807) is 31.4 Å². The van der Waals surface area contributed by atoms with Crippen molar-refractivity contribution in [3.05, 3.63) is 42.2 Å². The van der Waals surface area contributed by atoms with Gasteiger partial charge in [-0.25, -0.2) is 0 Å². The molecule has 1 aromatic heterocycles. The molecule has 0 aliphatic carbocycles. The van der Waals surface area contributed by atoms with Crippen molar-refractivity contribution < 1.29 is 9.90 Å². The van der Waals surface area contributed by atoms with Crippen LogP contribution in [0.15, 0.2) is 36.5 Å². The monoisotopic (exact) mass is 217 g/mol. The third kappa shape index (κ3) is 2.03. The van der Waals surface area contributed by atoms with Gasteiger partial charge in [0.25, 0.3) is 5.91 Å². The lowest BCUT2D eigenvalue weighted by atomic mass is 10.3. The number of rotatable bonds is 2. The van der Waals surface area contributed by atoms with Crippen LogP contribution in [0.3, 0.4) is 0 Å². The van der Waals surface area contributed by atoms with Crippen LogP contribution >= 0.6 is 0 Å². The molecule has 0 atom stereocenters. The molecule has 0 radical (unpaired) electrons. The van der Waals surface area contributed by atoms with E-state index in [2.05, 4.69) is 10.4 Å². The Morgan fingerprint density at radius 3 is 2.56 bits per heavy atom. The Labute approximate surface area is 92.3 Å². The van der Waals surface area contributed by atoms with Gasteiger partial charge in [0.15, 0.2) is 0 Å². The fraction of sp³-hybridized carbons (Fsp3) is 0.0909. The zero-order chi connectivity index (χ0) is 11.5. The summed E-state index contributed by atoms with van der Waals surface area (Å²) in [5.74, 6) is -0.0655. The van der Waals surface area contributed by atoms with Gasteiger partial charge in [-0.15, -0.1) is 0 Å². The summed E-state index contributed by atoms with van der Waals surface area (Å²) >= 11 is 0. The zero-order valence-electron chi connectivity index (χ0n) is 8.71. The average molecular weight is 217 g/mol. The Balaban J connectivity index is 2.14. The molecule has 1 amide bonds. The van der Waals surface area contributed by atoms with Crippen LogP contribution in [0, 0.1) is 0 Å². The Hall–Kier alpha value is -2.30. The van der Waals surface area contributed by atoms with Crippen molar-refractivity contribution >= 4 is 11.6 Å². The van der Waals surface area contributed by atoms with Crippen LogP contribution in [0.2, 0.25) is 0 Å². The molecule has 0 bridgehead atoms. The normalized spacial score (nSPS) is 10.1. The summed E-state index contributed by atoms with van der Waals surface area (Å²) in [7, 11) is 1.70. The van der Waals surface area contributed by atoms with Crippen molar-refractivity contribution in [2.45, 2.75) is 0 Å². The number of aryl methyl sites for hydroxylation is 1. The van der Waals surface area contributed by atoms with Crippen molar-refractivity contribution in [3.8, 4) is 5.75 Å². The van der Waals surface area contributed by atoms with Gasteiger partial charge in [-0.1, -0.05) is 0 Å². The van der Waals surface area contributed by atoms with Gasteiger partial charge in [0.2, 0.25) is 0 Å². The van der Waals surface area contributed by atoms with Crippen molar-refractivity contribution in [1.82, 2.24) is 9.78 Å². The maximum absolute atomic E-state index is 11.7. The molecule has 0 spiro atoms. The summed E-state index contributed by atoms with van der Waals surface area (Å²) in [4.78, 5) is 11.7. The van der Waals surface area contributed by atoms with E-state index in [-0.39, 0.29) is 11.7 Å². The van der Waals surface area contributed by atoms with E-state index in [1.807, 2.05) is 0 Å². The van der Waals surface area contributed by atoms with E-state index in [1.165, 1.54) is 16.8 Å². The number of anilines is 1. The Kier molecular flexibility index (Phi) is 2.59. The van der Waals surface area contributed by atoms with Gasteiger partial charge in [-0.3, -0.25) is 9.48 Å². The Morgan fingerprint density at radius 2 is 2.00 bits per heavy atom. The van der Waals surface area contributed by atoms with Gasteiger partial charge >= 0.3 is 0 Å². The third-order valence-corrected chi connectivity index (χ3v) is 2.18. The second kappa shape index (κ2) is 4.06. The number of carbonyl (C=O) groups is 1. The number of hydrogen-bond donors (Lipinski definition) is 2. The minimum atomic E-state index is -0.231. The molecule has 0 aliphatic heterocycles. The molecular formula is C11H11N3O2. The Bertz CT molecular complexity index is 502. The molecular weight excluding hydrogens is 206 g/mol. The number of nitrogens with zero attached hydrogens (tertiary/aromatic N) is 2. The summed E-state index contributed by atoms with van der Waals surface area (Å²) in [5, 5.41) is 15.7. The van der Waals surface area contributed by atoms with Crippen molar-refractivity contribution in [3.63, 3.8) is 0 Å². The predicted molar refractivity (Wildman–Crippen MR) is 59.3 cm³/mol. The summed E-state index contributed by atoms with van der Waals surface area (Å²) in [6.45, 7) is 0. The van der Waals surface area contributed by atoms with E-state index < -0.39 is 0 Å². The van der Waals surface area contributed by atoms with Crippen LogP contribution in [0.5, 0.6) is 5.75 Å². The predicted octanol–water partition coefficient (Wildman–Crippen LogP) is 1.38. The van der Waals surface area contributed by atoms with Crippen LogP contribution in [0.1, 0.15) is 10.5 Å². The molecule has 1 heterocycles. The number of hydrogen-bond acceptors (Lipinski definition) is 3. The standard InChI is InChI=1S/C11H11N3O2/c1-14-10(6-7-12-14)11(16)13-8-2-4-9(15)5-3-8/h2-7,15H,1H3,(H,13,16). The molecule has 2 N–H and O–H groups in total. The highest BCUT2D eigenvalue weighted by atomic mass is 16.3. The van der Waals surface area contributed by atoms with Crippen molar-refractivity contribution in [1.29, 1.82) is 0 Å². The quantitative estimate of drug-likeness (QED) is 0.747. The number of phenolic OH excluding ortho intramolecular Hbond substituents is 1. The average Bonchev–Trinajstić information content (AvgIpc) is 2.68. The number of carbonyl (C=O) groups excluding carboxylic acids is 1. The molecule has 82 valence electrons. The lowest BCUT2D eigenvalue weighted by molar-refractivity contribution is 0.101. The van der Waals surface area contributed by atoms with Crippen molar-refractivity contribution in [2.24, 2.45) is 7.05 Å². The summed E-state index contributed by atoms with van der Waals surface area (Å²) < 4.78 is 1.50. The van der Waals surface area contributed by atoms with E-state index in [0.29, 0.717) is 11.4 Å². The minimum absolute atomic E-state index is 0.165. The lowest BCUT2D eigenvalue weighted by Gasteiger charge is -2.05. The number of phenols is 1. The summed E-state index contributed by atoms with van der Waals surface area (Å²) in [5.41, 5.74) is 1.11. The van der Waals surface area contributed by atoms with Gasteiger partial charge in [0, 0.05) is 18.9 Å². The largest absolute Gasteiger partial charge is 0.508 e. The topological polar surface area (TPSA) is 67.2 Å². The van der Waals surface area contributed by atoms with Gasteiger partial charge in [-0.2, -0.15) is 5.10 Å². The zero-order valence-corrected chi connectivity index (χ0v) is 8.71. The molecule has 0 unspecified atom stereocenters. The van der Waals surface area contributed by atoms with Crippen molar-refractivity contribution in [2.75, 3.05) is 5.32 Å². The lowest BCUT2D eigenvalue weighted by Crippen LogP contribution is -2.15. The van der Waals surface area contributed by atoms with E-state index in [9.17, 15) is 4.79 Å². The molecule has 5 heteroatoms. The second-order valence-electron chi connectivity index (χ2n) is 3.34. The fourth-order valence-corrected chi connectivity index (χ4v) is 1.34. The number of aromatic hydroxyl groups is 1. The van der Waals surface area contributed by atoms with Gasteiger partial charge in [0.1, 0.15) is 11.4 Å². The van der Waals surface area contributed by atoms with Crippen LogP contribution in [0.25, 0.3) is 0 Å². The van der Waals surface area contributed by atoms with Crippen LogP contribution < -0.4 is 5.32 Å². The maximum Gasteiger partial charge on any atom is 0.273 e. The first-order valence-corrected chi connectivity index (χ1v) is 4.75. The van der Waals surface area contributed by atoms with Gasteiger partial charge < -0.3 is 10.4 Å². The first-order chi connectivity index (χ1) is 7.66. The van der Waals surface area contributed by atoms with Crippen LogP contribution in [-0.4, -0.2) is 20.8 Å². The SMILES string of the molecule is Cn1nccc1C(=O)Nc1ccc(O)cc1. The number of nitrogens with one attached hydrogen (secondary N) is 1. The van der Waals surface area contributed by atoms with Gasteiger partial charge in [-0.05, 0) is 30.3 Å². The van der Waals surface area contributed by atoms with Crippen LogP contribution in [-0.2, 0) is 7.05 Å². The first-order valence-electron chi connectivity index (χ1n) is 4.75. The van der Waals surface area contributed by atoms with Gasteiger partial charge in [0.05, 0.1) is 0 Å². The Morgan fingerprint density at radius 1 is 1.31 bits per heavy atom. The van der Waals surface area contributed by atoms with E-state index in [0.717, 1.165) is 0 Å². The highest BCUT2D eigenvalue weighted by Gasteiger charge is 2.09. The molecule has 16 heavy (non-hydrogen) atoms. The molecule has 2 aromatic rings. The summed E-state index contributed by atoms with van der Waals surface area (Å²) in [6.07, 6.45) is 1.56. The maximum atomic E-state index is 11.7. The molecule has 0 saturated heterocycles. The molecule has 0 saturated carbocycles. The molecule has 5 nitrogen and oxygen atoms in total. The molecule has 2 rings (SSSR count). The minimum Gasteiger partial charge on any atom is -0.508 e. The third-order valence-electron chi connectivity index (χ3n) is 2.18. The first kappa shape index (κ1) is 10.2. The second-order valence-corrected chi connectivity index (χ2v) is 3.34. The van der Waals surface area contributed by atoms with E-state index >= 15 is 0 Å². The number of aromatic nitrogens is 2. The van der Waals surface area contributed by atoms with Crippen LogP contribution in [0.4, 0.5) is 5.69 Å². The molecule has 1 aromatic carbocycles.